The Bertz CT molecular complexity index is 343. The third kappa shape index (κ3) is 12.1. The minimum Gasteiger partial charge on any atom is -0.352 e. The monoisotopic (exact) mass is 333 g/mol. The average molecular weight is 334 g/mol. The average Bonchev–Trinajstić information content (AvgIpc) is 2.28. The Morgan fingerprint density at radius 1 is 1.05 bits per heavy atom. The number of nitrogens with one attached hydrogen (secondary N) is 1. The van der Waals surface area contributed by atoms with Crippen LogP contribution in [0.3, 0.4) is 0 Å². The fraction of sp³-hybridized carbons (Fsp3) is 0.875. The molecule has 0 rings (SSSR count). The second-order valence-electron chi connectivity index (χ2n) is 7.49. The van der Waals surface area contributed by atoms with E-state index in [1.165, 1.54) is 0 Å². The maximum Gasteiger partial charge on any atom is 0.220 e. The van der Waals surface area contributed by atoms with Gasteiger partial charge in [-0.2, -0.15) is 0 Å². The van der Waals surface area contributed by atoms with Crippen LogP contribution in [0.4, 0.5) is 0 Å². The molecule has 1 N–H and O–H groups in total. The Morgan fingerprint density at radius 2 is 1.62 bits per heavy atom. The van der Waals surface area contributed by atoms with Crippen molar-refractivity contribution in [2.75, 3.05) is 5.75 Å². The predicted molar refractivity (Wildman–Crippen MR) is 95.7 cm³/mol. The number of carbonyl (C=O) groups excluding carboxylic acids is 2. The first-order valence-electron chi connectivity index (χ1n) is 7.54. The molecule has 0 aliphatic rings. The number of carbonyl (C=O) groups is 2. The first kappa shape index (κ1) is 20.8. The highest BCUT2D eigenvalue weighted by molar-refractivity contribution is 8.76. The van der Waals surface area contributed by atoms with E-state index in [1.807, 2.05) is 41.5 Å². The first-order chi connectivity index (χ1) is 9.42. The van der Waals surface area contributed by atoms with Crippen molar-refractivity contribution in [3.05, 3.63) is 0 Å². The summed E-state index contributed by atoms with van der Waals surface area (Å²) in [6.07, 6.45) is 2.05. The molecule has 21 heavy (non-hydrogen) atoms. The van der Waals surface area contributed by atoms with Gasteiger partial charge in [0.15, 0.2) is 0 Å². The van der Waals surface area contributed by atoms with Crippen LogP contribution < -0.4 is 5.32 Å². The topological polar surface area (TPSA) is 46.2 Å². The molecular weight excluding hydrogens is 302 g/mol. The van der Waals surface area contributed by atoms with E-state index in [2.05, 4.69) is 12.2 Å². The van der Waals surface area contributed by atoms with Gasteiger partial charge in [-0.15, -0.1) is 0 Å². The molecule has 0 saturated carbocycles. The number of rotatable bonds is 8. The Hall–Kier alpha value is -0.160. The molecule has 0 heterocycles. The molecular formula is C16H31NO2S2. The van der Waals surface area contributed by atoms with Crippen molar-refractivity contribution >= 4 is 33.3 Å². The summed E-state index contributed by atoms with van der Waals surface area (Å²) in [5.41, 5.74) is -0.391. The molecule has 5 heteroatoms. The van der Waals surface area contributed by atoms with Gasteiger partial charge in [0.05, 0.1) is 0 Å². The van der Waals surface area contributed by atoms with Crippen LogP contribution in [0.2, 0.25) is 0 Å². The number of amides is 1. The lowest BCUT2D eigenvalue weighted by Crippen LogP contribution is -2.40. The van der Waals surface area contributed by atoms with Gasteiger partial charge in [0.2, 0.25) is 5.91 Å². The molecule has 3 nitrogen and oxygen atoms in total. The van der Waals surface area contributed by atoms with E-state index in [0.717, 1.165) is 12.2 Å². The minimum atomic E-state index is -0.234. The molecule has 124 valence electrons. The fourth-order valence-electron chi connectivity index (χ4n) is 1.54. The molecule has 0 aromatic heterocycles. The normalized spacial score (nSPS) is 13.9. The van der Waals surface area contributed by atoms with Crippen molar-refractivity contribution < 1.29 is 9.59 Å². The van der Waals surface area contributed by atoms with E-state index in [1.54, 1.807) is 21.6 Å². The van der Waals surface area contributed by atoms with Crippen molar-refractivity contribution in [1.82, 2.24) is 5.32 Å². The predicted octanol–water partition coefficient (Wildman–Crippen LogP) is 4.46. The molecule has 0 aliphatic carbocycles. The van der Waals surface area contributed by atoms with Crippen LogP contribution in [-0.2, 0) is 9.59 Å². The van der Waals surface area contributed by atoms with Gasteiger partial charge in [-0.1, -0.05) is 49.3 Å². The molecule has 1 atom stereocenters. The number of hydrogen-bond donors (Lipinski definition) is 1. The Labute approximate surface area is 138 Å². The summed E-state index contributed by atoms with van der Waals surface area (Å²) in [6.45, 7) is 14.0. The molecule has 0 aromatic rings. The van der Waals surface area contributed by atoms with Gasteiger partial charge in [0.25, 0.3) is 0 Å². The molecule has 0 aromatic carbocycles. The van der Waals surface area contributed by atoms with Crippen molar-refractivity contribution in [2.24, 2.45) is 5.41 Å². The number of Topliss-reactive ketones (excluding diaryl/α,β-unsaturated/α-hetero) is 1. The largest absolute Gasteiger partial charge is 0.352 e. The molecule has 0 fully saturated rings. The van der Waals surface area contributed by atoms with Gasteiger partial charge < -0.3 is 5.32 Å². The maximum atomic E-state index is 11.8. The molecule has 0 spiro atoms. The van der Waals surface area contributed by atoms with Crippen LogP contribution in [-0.4, -0.2) is 28.2 Å². The fourth-order valence-corrected chi connectivity index (χ4v) is 3.87. The zero-order valence-corrected chi connectivity index (χ0v) is 16.2. The minimum absolute atomic E-state index is 0.114. The summed E-state index contributed by atoms with van der Waals surface area (Å²) in [5, 5.41) is 3.40. The SMILES string of the molecule is CC(CCC(=O)NC(C)(C)C)SSCCC(=O)C(C)(C)C. The van der Waals surface area contributed by atoms with E-state index < -0.39 is 0 Å². The highest BCUT2D eigenvalue weighted by atomic mass is 33.1. The number of ketones is 1. The summed E-state index contributed by atoms with van der Waals surface area (Å²) in [4.78, 5) is 23.5. The van der Waals surface area contributed by atoms with Crippen LogP contribution in [0.1, 0.15) is 67.7 Å². The maximum absolute atomic E-state index is 11.8. The van der Waals surface area contributed by atoms with Crippen LogP contribution in [0.25, 0.3) is 0 Å². The van der Waals surface area contributed by atoms with E-state index in [0.29, 0.717) is 23.9 Å². The van der Waals surface area contributed by atoms with Crippen molar-refractivity contribution in [1.29, 1.82) is 0 Å². The summed E-state index contributed by atoms with van der Waals surface area (Å²) in [5.74, 6) is 1.27. The van der Waals surface area contributed by atoms with E-state index in [9.17, 15) is 9.59 Å². The van der Waals surface area contributed by atoms with E-state index >= 15 is 0 Å². The number of hydrogen-bond acceptors (Lipinski definition) is 4. The Morgan fingerprint density at radius 3 is 2.10 bits per heavy atom. The Balaban J connectivity index is 3.75. The third-order valence-electron chi connectivity index (χ3n) is 2.77. The molecule has 0 aliphatic heterocycles. The molecule has 0 saturated heterocycles. The van der Waals surface area contributed by atoms with Gasteiger partial charge >= 0.3 is 0 Å². The van der Waals surface area contributed by atoms with Crippen molar-refractivity contribution in [3.63, 3.8) is 0 Å². The quantitative estimate of drug-likeness (QED) is 0.526. The smallest absolute Gasteiger partial charge is 0.220 e. The molecule has 0 radical (unpaired) electrons. The highest BCUT2D eigenvalue weighted by Crippen LogP contribution is 2.30. The van der Waals surface area contributed by atoms with E-state index in [-0.39, 0.29) is 16.9 Å². The summed E-state index contributed by atoms with van der Waals surface area (Å²) < 4.78 is 0. The standard InChI is InChI=1S/C16H31NO2S2/c1-12(8-9-14(19)17-16(5,6)7)21-20-11-10-13(18)15(2,3)4/h12H,8-11H2,1-7H3,(H,17,19). The molecule has 0 bridgehead atoms. The summed E-state index contributed by atoms with van der Waals surface area (Å²) in [7, 11) is 3.51. The van der Waals surface area contributed by atoms with Gasteiger partial charge in [-0.05, 0) is 27.2 Å². The lowest BCUT2D eigenvalue weighted by atomic mass is 9.89. The van der Waals surface area contributed by atoms with Crippen LogP contribution >= 0.6 is 21.6 Å². The third-order valence-corrected chi connectivity index (χ3v) is 5.74. The lowest BCUT2D eigenvalue weighted by molar-refractivity contribution is -0.126. The van der Waals surface area contributed by atoms with Crippen LogP contribution in [0.5, 0.6) is 0 Å². The first-order valence-corrected chi connectivity index (χ1v) is 9.92. The van der Waals surface area contributed by atoms with Gasteiger partial charge in [-0.3, -0.25) is 9.59 Å². The zero-order chi connectivity index (χ0) is 16.7. The Kier molecular flexibility index (Phi) is 9.02. The van der Waals surface area contributed by atoms with Crippen molar-refractivity contribution in [3.8, 4) is 0 Å². The molecule has 1 unspecified atom stereocenters. The lowest BCUT2D eigenvalue weighted by Gasteiger charge is -2.21. The van der Waals surface area contributed by atoms with Gasteiger partial charge in [0, 0.05) is 34.8 Å². The van der Waals surface area contributed by atoms with E-state index in [4.69, 9.17) is 0 Å². The van der Waals surface area contributed by atoms with Gasteiger partial charge in [0.1, 0.15) is 5.78 Å². The summed E-state index contributed by atoms with van der Waals surface area (Å²) in [6, 6.07) is 0. The second kappa shape index (κ2) is 9.09. The molecule has 1 amide bonds. The van der Waals surface area contributed by atoms with Crippen LogP contribution in [0.15, 0.2) is 0 Å². The van der Waals surface area contributed by atoms with Crippen LogP contribution in [0, 0.1) is 5.41 Å². The summed E-state index contributed by atoms with van der Waals surface area (Å²) >= 11 is 0. The highest BCUT2D eigenvalue weighted by Gasteiger charge is 2.20. The zero-order valence-electron chi connectivity index (χ0n) is 14.5. The second-order valence-corrected chi connectivity index (χ2v) is 10.4. The van der Waals surface area contributed by atoms with Crippen molar-refractivity contribution in [2.45, 2.75) is 78.5 Å². The van der Waals surface area contributed by atoms with Gasteiger partial charge in [-0.25, -0.2) is 0 Å².